The topological polar surface area (TPSA) is 44.1 Å². The van der Waals surface area contributed by atoms with Crippen molar-refractivity contribution in [2.45, 2.75) is 63.2 Å². The first-order valence-corrected chi connectivity index (χ1v) is 9.80. The molecule has 4 nitrogen and oxygen atoms in total. The quantitative estimate of drug-likeness (QED) is 0.640. The van der Waals surface area contributed by atoms with Crippen molar-refractivity contribution in [1.82, 2.24) is 9.78 Å². The van der Waals surface area contributed by atoms with Crippen molar-refractivity contribution < 1.29 is 9.53 Å². The van der Waals surface area contributed by atoms with Gasteiger partial charge < -0.3 is 4.74 Å². The number of carbonyl (C=O) groups is 1. The zero-order valence-electron chi connectivity index (χ0n) is 13.7. The SMILES string of the molecule is CC1C(C)C1CC1Cc2c(c(I)nn2C(=O)OC(C)(C)C)S1. The molecule has 3 atom stereocenters. The van der Waals surface area contributed by atoms with Gasteiger partial charge in [0.25, 0.3) is 0 Å². The molecule has 0 aromatic carbocycles. The molecule has 1 aliphatic heterocycles. The second kappa shape index (κ2) is 5.69. The highest BCUT2D eigenvalue weighted by molar-refractivity contribution is 14.1. The Balaban J connectivity index is 1.73. The first-order chi connectivity index (χ1) is 10.2. The minimum Gasteiger partial charge on any atom is -0.442 e. The van der Waals surface area contributed by atoms with Gasteiger partial charge in [-0.15, -0.1) is 11.8 Å². The van der Waals surface area contributed by atoms with Crippen LogP contribution < -0.4 is 0 Å². The van der Waals surface area contributed by atoms with Crippen molar-refractivity contribution in [3.8, 4) is 0 Å². The normalized spacial score (nSPS) is 30.3. The molecular weight excluding hydrogens is 411 g/mol. The molecule has 1 fully saturated rings. The molecule has 1 aromatic heterocycles. The summed E-state index contributed by atoms with van der Waals surface area (Å²) >= 11 is 4.12. The van der Waals surface area contributed by atoms with E-state index in [9.17, 15) is 4.79 Å². The molecule has 22 heavy (non-hydrogen) atoms. The maximum Gasteiger partial charge on any atom is 0.435 e. The molecule has 6 heteroatoms. The summed E-state index contributed by atoms with van der Waals surface area (Å²) < 4.78 is 7.87. The van der Waals surface area contributed by atoms with Gasteiger partial charge in [-0.3, -0.25) is 0 Å². The first-order valence-electron chi connectivity index (χ1n) is 7.85. The molecular formula is C16H23IN2O2S. The predicted octanol–water partition coefficient (Wildman–Crippen LogP) is 4.58. The fourth-order valence-corrected chi connectivity index (χ4v) is 5.46. The van der Waals surface area contributed by atoms with Crippen molar-refractivity contribution in [1.29, 1.82) is 0 Å². The number of carbonyl (C=O) groups excluding carboxylic acids is 1. The Kier molecular flexibility index (Phi) is 4.29. The lowest BCUT2D eigenvalue weighted by atomic mass is 10.1. The van der Waals surface area contributed by atoms with E-state index in [4.69, 9.17) is 4.74 Å². The van der Waals surface area contributed by atoms with Gasteiger partial charge in [-0.1, -0.05) is 13.8 Å². The van der Waals surface area contributed by atoms with Gasteiger partial charge in [-0.25, -0.2) is 4.79 Å². The van der Waals surface area contributed by atoms with Gasteiger partial charge in [0.15, 0.2) is 0 Å². The molecule has 1 saturated carbocycles. The van der Waals surface area contributed by atoms with E-state index in [1.165, 1.54) is 16.0 Å². The van der Waals surface area contributed by atoms with E-state index in [0.29, 0.717) is 5.25 Å². The molecule has 0 spiro atoms. The summed E-state index contributed by atoms with van der Waals surface area (Å²) in [4.78, 5) is 13.5. The third-order valence-electron chi connectivity index (χ3n) is 4.74. The molecule has 3 rings (SSSR count). The van der Waals surface area contributed by atoms with E-state index in [2.05, 4.69) is 41.5 Å². The highest BCUT2D eigenvalue weighted by Gasteiger charge is 2.45. The Labute approximate surface area is 149 Å². The van der Waals surface area contributed by atoms with E-state index in [-0.39, 0.29) is 6.09 Å². The average molecular weight is 434 g/mol. The number of hydrogen-bond donors (Lipinski definition) is 0. The third-order valence-corrected chi connectivity index (χ3v) is 7.22. The lowest BCUT2D eigenvalue weighted by Crippen LogP contribution is -2.29. The van der Waals surface area contributed by atoms with Crippen molar-refractivity contribution in [2.24, 2.45) is 17.8 Å². The average Bonchev–Trinajstić information content (AvgIpc) is 2.79. The van der Waals surface area contributed by atoms with E-state index in [1.54, 1.807) is 0 Å². The van der Waals surface area contributed by atoms with Crippen LogP contribution in [-0.4, -0.2) is 26.7 Å². The molecule has 0 N–H and O–H groups in total. The Hall–Kier alpha value is -0.240. The second-order valence-electron chi connectivity index (χ2n) is 7.52. The molecule has 2 heterocycles. The van der Waals surface area contributed by atoms with Crippen molar-refractivity contribution in [2.75, 3.05) is 0 Å². The monoisotopic (exact) mass is 434 g/mol. The summed E-state index contributed by atoms with van der Waals surface area (Å²) in [5.74, 6) is 2.55. The number of fused-ring (bicyclic) bond motifs is 1. The molecule has 1 aromatic rings. The number of rotatable bonds is 2. The van der Waals surface area contributed by atoms with E-state index < -0.39 is 5.60 Å². The summed E-state index contributed by atoms with van der Waals surface area (Å²) in [5, 5.41) is 4.96. The lowest BCUT2D eigenvalue weighted by molar-refractivity contribution is 0.0508. The smallest absolute Gasteiger partial charge is 0.435 e. The highest BCUT2D eigenvalue weighted by atomic mass is 127. The highest BCUT2D eigenvalue weighted by Crippen LogP contribution is 2.52. The van der Waals surface area contributed by atoms with Crippen LogP contribution in [0.5, 0.6) is 0 Å². The van der Waals surface area contributed by atoms with Gasteiger partial charge in [0.2, 0.25) is 0 Å². The summed E-state index contributed by atoms with van der Waals surface area (Å²) in [6, 6.07) is 0. The molecule has 2 aliphatic rings. The van der Waals surface area contributed by atoms with Crippen LogP contribution >= 0.6 is 34.4 Å². The van der Waals surface area contributed by atoms with Crippen LogP contribution in [0.15, 0.2) is 4.90 Å². The van der Waals surface area contributed by atoms with Crippen molar-refractivity contribution in [3.63, 3.8) is 0 Å². The zero-order valence-corrected chi connectivity index (χ0v) is 16.7. The minimum absolute atomic E-state index is 0.360. The Morgan fingerprint density at radius 2 is 2.05 bits per heavy atom. The Bertz CT molecular complexity index is 600. The van der Waals surface area contributed by atoms with Gasteiger partial charge >= 0.3 is 6.09 Å². The molecule has 0 saturated heterocycles. The summed E-state index contributed by atoms with van der Waals surface area (Å²) in [6.07, 6.45) is 1.80. The number of ether oxygens (including phenoxy) is 1. The van der Waals surface area contributed by atoms with Crippen LogP contribution in [0.1, 0.15) is 46.7 Å². The van der Waals surface area contributed by atoms with Crippen molar-refractivity contribution >= 4 is 40.4 Å². The van der Waals surface area contributed by atoms with Crippen LogP contribution in [-0.2, 0) is 11.2 Å². The second-order valence-corrected chi connectivity index (χ2v) is 9.85. The Morgan fingerprint density at radius 1 is 1.41 bits per heavy atom. The summed E-state index contributed by atoms with van der Waals surface area (Å²) in [6.45, 7) is 10.3. The number of thioether (sulfide) groups is 1. The molecule has 122 valence electrons. The summed E-state index contributed by atoms with van der Waals surface area (Å²) in [7, 11) is 0. The van der Waals surface area contributed by atoms with Crippen LogP contribution in [0, 0.1) is 21.5 Å². The number of nitrogens with zero attached hydrogens (tertiary/aromatic N) is 2. The van der Waals surface area contributed by atoms with Gasteiger partial charge in [-0.2, -0.15) is 9.78 Å². The van der Waals surface area contributed by atoms with Crippen LogP contribution in [0.2, 0.25) is 0 Å². The standard InChI is InChI=1S/C16H23IN2O2S/c1-8-9(2)11(8)6-10-7-12-13(22-10)14(17)18-19(12)15(20)21-16(3,4)5/h8-11H,6-7H2,1-5H3. The fraction of sp³-hybridized carbons (Fsp3) is 0.750. The third kappa shape index (κ3) is 3.18. The van der Waals surface area contributed by atoms with E-state index in [0.717, 1.165) is 33.6 Å². The van der Waals surface area contributed by atoms with Crippen molar-refractivity contribution in [3.05, 3.63) is 9.39 Å². The minimum atomic E-state index is -0.495. The number of hydrogen-bond acceptors (Lipinski definition) is 4. The van der Waals surface area contributed by atoms with Gasteiger partial charge in [0.05, 0.1) is 10.6 Å². The van der Waals surface area contributed by atoms with Gasteiger partial charge in [0, 0.05) is 11.7 Å². The van der Waals surface area contributed by atoms with Crippen LogP contribution in [0.4, 0.5) is 4.79 Å². The summed E-state index contributed by atoms with van der Waals surface area (Å²) in [5.41, 5.74) is 0.542. The Morgan fingerprint density at radius 3 is 2.59 bits per heavy atom. The van der Waals surface area contributed by atoms with E-state index >= 15 is 0 Å². The fourth-order valence-electron chi connectivity index (χ4n) is 3.21. The molecule has 1 aliphatic carbocycles. The van der Waals surface area contributed by atoms with Gasteiger partial charge in [-0.05, 0) is 67.5 Å². The first kappa shape index (κ1) is 16.6. The maximum atomic E-state index is 12.3. The van der Waals surface area contributed by atoms with Crippen LogP contribution in [0.25, 0.3) is 0 Å². The largest absolute Gasteiger partial charge is 0.442 e. The molecule has 0 bridgehead atoms. The zero-order chi connectivity index (χ0) is 16.2. The lowest BCUT2D eigenvalue weighted by Gasteiger charge is -2.19. The molecule has 3 unspecified atom stereocenters. The number of halogens is 1. The van der Waals surface area contributed by atoms with Crippen LogP contribution in [0.3, 0.4) is 0 Å². The number of aromatic nitrogens is 2. The van der Waals surface area contributed by atoms with Gasteiger partial charge in [0.1, 0.15) is 9.30 Å². The molecule has 0 amide bonds. The maximum absolute atomic E-state index is 12.3. The predicted molar refractivity (Wildman–Crippen MR) is 96.4 cm³/mol. The van der Waals surface area contributed by atoms with E-state index in [1.807, 2.05) is 32.5 Å². The molecule has 0 radical (unpaired) electrons.